The van der Waals surface area contributed by atoms with Crippen molar-refractivity contribution in [1.82, 2.24) is 0 Å². The first kappa shape index (κ1) is 6.09. The molecular formula is C8H6N2O. The molecular weight excluding hydrogens is 140 g/mol. The van der Waals surface area contributed by atoms with E-state index in [4.69, 9.17) is 4.74 Å². The Morgan fingerprint density at radius 1 is 1.09 bits per heavy atom. The molecule has 0 saturated heterocycles. The number of nitrogens with zero attached hydrogens (tertiary/aromatic N) is 2. The standard InChI is InChI=1S/C8H6N2O/c1-2-4-8-7(3-1)5-9-10-6-11-8/h1-6H. The lowest BCUT2D eigenvalue weighted by Gasteiger charge is -1.98. The predicted molar refractivity (Wildman–Crippen MR) is 43.2 cm³/mol. The predicted octanol–water partition coefficient (Wildman–Crippen LogP) is 1.44. The van der Waals surface area contributed by atoms with Crippen LogP contribution in [-0.4, -0.2) is 12.6 Å². The number of hydrogen-bond acceptors (Lipinski definition) is 3. The molecule has 1 heterocycles. The third-order valence-corrected chi connectivity index (χ3v) is 1.41. The number of para-hydroxylation sites is 1. The van der Waals surface area contributed by atoms with Crippen molar-refractivity contribution in [2.24, 2.45) is 10.2 Å². The Morgan fingerprint density at radius 2 is 2.00 bits per heavy atom. The quantitative estimate of drug-likeness (QED) is 0.545. The van der Waals surface area contributed by atoms with Gasteiger partial charge in [-0.3, -0.25) is 0 Å². The zero-order valence-corrected chi connectivity index (χ0v) is 5.77. The number of hydrogen-bond donors (Lipinski definition) is 0. The molecule has 0 bridgehead atoms. The molecule has 1 aromatic carbocycles. The highest BCUT2D eigenvalue weighted by atomic mass is 16.5. The normalized spacial score (nSPS) is 13.5. The first-order chi connectivity index (χ1) is 5.47. The van der Waals surface area contributed by atoms with Crippen LogP contribution in [0, 0.1) is 0 Å². The summed E-state index contributed by atoms with van der Waals surface area (Å²) in [6.07, 6.45) is 2.99. The Bertz CT molecular complexity index is 318. The van der Waals surface area contributed by atoms with Crippen LogP contribution in [-0.2, 0) is 0 Å². The van der Waals surface area contributed by atoms with Crippen LogP contribution in [0.15, 0.2) is 34.5 Å². The number of ether oxygens (including phenoxy) is 1. The molecule has 1 aliphatic heterocycles. The molecule has 54 valence electrons. The molecule has 0 spiro atoms. The first-order valence-electron chi connectivity index (χ1n) is 3.27. The maximum absolute atomic E-state index is 5.13. The Balaban J connectivity index is 2.52. The second kappa shape index (κ2) is 2.54. The van der Waals surface area contributed by atoms with Gasteiger partial charge < -0.3 is 4.74 Å². The minimum absolute atomic E-state index is 0.789. The summed E-state index contributed by atoms with van der Waals surface area (Å²) in [6.45, 7) is 0. The molecule has 0 radical (unpaired) electrons. The molecule has 0 aromatic heterocycles. The third-order valence-electron chi connectivity index (χ3n) is 1.41. The smallest absolute Gasteiger partial charge is 0.201 e. The van der Waals surface area contributed by atoms with Crippen molar-refractivity contribution in [2.45, 2.75) is 0 Å². The second-order valence-corrected chi connectivity index (χ2v) is 2.12. The zero-order valence-electron chi connectivity index (χ0n) is 5.77. The van der Waals surface area contributed by atoms with Gasteiger partial charge in [0.15, 0.2) is 0 Å². The molecule has 0 unspecified atom stereocenters. The van der Waals surface area contributed by atoms with Crippen LogP contribution >= 0.6 is 0 Å². The van der Waals surface area contributed by atoms with E-state index in [0.29, 0.717) is 0 Å². The summed E-state index contributed by atoms with van der Waals surface area (Å²) >= 11 is 0. The highest BCUT2D eigenvalue weighted by molar-refractivity contribution is 5.85. The molecule has 1 aromatic rings. The SMILES string of the molecule is C1=NN=Cc2ccccc2O1. The van der Waals surface area contributed by atoms with E-state index in [1.54, 1.807) is 6.21 Å². The van der Waals surface area contributed by atoms with Crippen LogP contribution in [0.2, 0.25) is 0 Å². The summed E-state index contributed by atoms with van der Waals surface area (Å²) in [7, 11) is 0. The summed E-state index contributed by atoms with van der Waals surface area (Å²) in [5.41, 5.74) is 0.949. The Kier molecular flexibility index (Phi) is 1.41. The van der Waals surface area contributed by atoms with Gasteiger partial charge in [0.1, 0.15) is 5.75 Å². The maximum atomic E-state index is 5.13. The molecule has 0 saturated carbocycles. The molecule has 0 amide bonds. The molecule has 0 aliphatic carbocycles. The summed E-state index contributed by atoms with van der Waals surface area (Å²) in [6, 6.07) is 7.64. The van der Waals surface area contributed by atoms with Crippen molar-refractivity contribution in [3.05, 3.63) is 29.8 Å². The number of rotatable bonds is 0. The lowest BCUT2D eigenvalue weighted by molar-refractivity contribution is 0.573. The Hall–Kier alpha value is -1.64. The van der Waals surface area contributed by atoms with E-state index in [1.807, 2.05) is 24.3 Å². The average molecular weight is 146 g/mol. The van der Waals surface area contributed by atoms with Gasteiger partial charge in [0.05, 0.1) is 6.21 Å². The molecule has 0 fully saturated rings. The molecule has 0 N–H and O–H groups in total. The summed E-state index contributed by atoms with van der Waals surface area (Å²) in [4.78, 5) is 0. The van der Waals surface area contributed by atoms with Crippen molar-refractivity contribution in [1.29, 1.82) is 0 Å². The summed E-state index contributed by atoms with van der Waals surface area (Å²) in [5, 5.41) is 7.34. The third kappa shape index (κ3) is 1.12. The first-order valence-corrected chi connectivity index (χ1v) is 3.27. The van der Waals surface area contributed by atoms with Crippen LogP contribution < -0.4 is 4.74 Å². The van der Waals surface area contributed by atoms with Gasteiger partial charge in [0, 0.05) is 5.56 Å². The number of fused-ring (bicyclic) bond motifs is 1. The zero-order chi connectivity index (χ0) is 7.52. The largest absolute Gasteiger partial charge is 0.443 e. The Morgan fingerprint density at radius 3 is 3.00 bits per heavy atom. The molecule has 11 heavy (non-hydrogen) atoms. The van der Waals surface area contributed by atoms with Crippen LogP contribution in [0.25, 0.3) is 0 Å². The lowest BCUT2D eigenvalue weighted by atomic mass is 10.2. The maximum Gasteiger partial charge on any atom is 0.201 e. The molecule has 3 nitrogen and oxygen atoms in total. The number of benzene rings is 1. The monoisotopic (exact) mass is 146 g/mol. The van der Waals surface area contributed by atoms with Crippen LogP contribution in [0.4, 0.5) is 0 Å². The average Bonchev–Trinajstić information content (AvgIpc) is 2.28. The topological polar surface area (TPSA) is 34.0 Å². The van der Waals surface area contributed by atoms with Crippen molar-refractivity contribution in [3.8, 4) is 5.75 Å². The van der Waals surface area contributed by atoms with Crippen molar-refractivity contribution < 1.29 is 4.74 Å². The molecule has 2 rings (SSSR count). The van der Waals surface area contributed by atoms with Gasteiger partial charge in [0.25, 0.3) is 0 Å². The van der Waals surface area contributed by atoms with Gasteiger partial charge in [-0.15, -0.1) is 5.10 Å². The van der Waals surface area contributed by atoms with E-state index in [0.717, 1.165) is 11.3 Å². The van der Waals surface area contributed by atoms with Gasteiger partial charge in [-0.05, 0) is 12.1 Å². The minimum Gasteiger partial charge on any atom is -0.443 e. The summed E-state index contributed by atoms with van der Waals surface area (Å²) in [5.74, 6) is 0.789. The van der Waals surface area contributed by atoms with Crippen LogP contribution in [0.5, 0.6) is 5.75 Å². The molecule has 1 aliphatic rings. The fraction of sp³-hybridized carbons (Fsp3) is 0. The Labute approximate surface area is 64.0 Å². The van der Waals surface area contributed by atoms with E-state index in [2.05, 4.69) is 10.2 Å². The second-order valence-electron chi connectivity index (χ2n) is 2.12. The molecule has 0 atom stereocenters. The fourth-order valence-electron chi connectivity index (χ4n) is 0.898. The molecule has 3 heteroatoms. The highest BCUT2D eigenvalue weighted by Crippen LogP contribution is 2.15. The van der Waals surface area contributed by atoms with E-state index in [9.17, 15) is 0 Å². The minimum atomic E-state index is 0.789. The van der Waals surface area contributed by atoms with Gasteiger partial charge in [0.2, 0.25) is 6.40 Å². The lowest BCUT2D eigenvalue weighted by Crippen LogP contribution is -1.90. The van der Waals surface area contributed by atoms with Crippen molar-refractivity contribution in [2.75, 3.05) is 0 Å². The van der Waals surface area contributed by atoms with E-state index < -0.39 is 0 Å². The summed E-state index contributed by atoms with van der Waals surface area (Å²) < 4.78 is 5.13. The van der Waals surface area contributed by atoms with Crippen molar-refractivity contribution >= 4 is 12.6 Å². The van der Waals surface area contributed by atoms with E-state index in [-0.39, 0.29) is 0 Å². The van der Waals surface area contributed by atoms with Gasteiger partial charge in [-0.2, -0.15) is 5.10 Å². The van der Waals surface area contributed by atoms with Gasteiger partial charge in [-0.1, -0.05) is 12.1 Å². The van der Waals surface area contributed by atoms with Gasteiger partial charge >= 0.3 is 0 Å². The highest BCUT2D eigenvalue weighted by Gasteiger charge is 1.99. The fourth-order valence-corrected chi connectivity index (χ4v) is 0.898. The van der Waals surface area contributed by atoms with E-state index >= 15 is 0 Å². The van der Waals surface area contributed by atoms with Crippen LogP contribution in [0.3, 0.4) is 0 Å². The van der Waals surface area contributed by atoms with E-state index in [1.165, 1.54) is 6.40 Å². The van der Waals surface area contributed by atoms with Crippen molar-refractivity contribution in [3.63, 3.8) is 0 Å². The van der Waals surface area contributed by atoms with Crippen LogP contribution in [0.1, 0.15) is 5.56 Å². The van der Waals surface area contributed by atoms with Gasteiger partial charge in [-0.25, -0.2) is 0 Å².